The number of ether oxygens (including phenoxy) is 1. The normalized spacial score (nSPS) is 45.1. The van der Waals surface area contributed by atoms with Gasteiger partial charge in [-0.3, -0.25) is 4.79 Å². The quantitative estimate of drug-likeness (QED) is 0.735. The molecule has 3 rings (SSSR count). The van der Waals surface area contributed by atoms with Gasteiger partial charge in [-0.2, -0.15) is 0 Å². The predicted molar refractivity (Wildman–Crippen MR) is 66.7 cm³/mol. The Hall–Kier alpha value is -0.370. The summed E-state index contributed by atoms with van der Waals surface area (Å²) < 4.78 is 6.02. The van der Waals surface area contributed by atoms with Crippen LogP contribution in [0.4, 0.5) is 0 Å². The van der Waals surface area contributed by atoms with Crippen LogP contribution in [0.5, 0.6) is 0 Å². The average molecular weight is 236 g/mol. The van der Waals surface area contributed by atoms with Gasteiger partial charge in [-0.25, -0.2) is 0 Å². The highest BCUT2D eigenvalue weighted by molar-refractivity contribution is 5.94. The van der Waals surface area contributed by atoms with Crippen molar-refractivity contribution in [2.75, 3.05) is 0 Å². The van der Waals surface area contributed by atoms with Gasteiger partial charge in [0.2, 0.25) is 0 Å². The fourth-order valence-corrected chi connectivity index (χ4v) is 3.78. The highest BCUT2D eigenvalue weighted by atomic mass is 16.5. The number of carbonyl (C=O) groups is 1. The molecule has 1 heterocycles. The van der Waals surface area contributed by atoms with E-state index in [2.05, 4.69) is 20.8 Å². The third-order valence-corrected chi connectivity index (χ3v) is 5.70. The first-order chi connectivity index (χ1) is 7.98. The third-order valence-electron chi connectivity index (χ3n) is 5.70. The minimum Gasteiger partial charge on any atom is -0.363 e. The summed E-state index contributed by atoms with van der Waals surface area (Å²) >= 11 is 0. The molecule has 0 N–H and O–H groups in total. The van der Waals surface area contributed by atoms with Gasteiger partial charge >= 0.3 is 0 Å². The zero-order valence-electron chi connectivity index (χ0n) is 11.3. The van der Waals surface area contributed by atoms with E-state index >= 15 is 0 Å². The lowest BCUT2D eigenvalue weighted by Gasteiger charge is -2.42. The van der Waals surface area contributed by atoms with E-state index in [4.69, 9.17) is 4.74 Å². The van der Waals surface area contributed by atoms with Gasteiger partial charge in [0, 0.05) is 5.92 Å². The van der Waals surface area contributed by atoms with Crippen LogP contribution >= 0.6 is 0 Å². The second-order valence-corrected chi connectivity index (χ2v) is 6.97. The van der Waals surface area contributed by atoms with Crippen molar-refractivity contribution in [3.8, 4) is 0 Å². The first-order valence-corrected chi connectivity index (χ1v) is 7.21. The fourth-order valence-electron chi connectivity index (χ4n) is 3.78. The molecule has 0 aromatic heterocycles. The van der Waals surface area contributed by atoms with Gasteiger partial charge in [0.05, 0.1) is 6.10 Å². The molecule has 2 unspecified atom stereocenters. The molecule has 2 nitrogen and oxygen atoms in total. The molecule has 17 heavy (non-hydrogen) atoms. The van der Waals surface area contributed by atoms with E-state index in [1.54, 1.807) is 0 Å². The second-order valence-electron chi connectivity index (χ2n) is 6.97. The van der Waals surface area contributed by atoms with E-state index in [1.807, 2.05) is 0 Å². The number of rotatable bonds is 2. The van der Waals surface area contributed by atoms with Gasteiger partial charge in [0.15, 0.2) is 5.78 Å². The second kappa shape index (κ2) is 3.57. The summed E-state index contributed by atoms with van der Waals surface area (Å²) in [5.41, 5.74) is 0.0834. The number of carbonyl (C=O) groups excluding carboxylic acids is 1. The van der Waals surface area contributed by atoms with Crippen molar-refractivity contribution in [3.63, 3.8) is 0 Å². The molecule has 2 aliphatic carbocycles. The van der Waals surface area contributed by atoms with Crippen molar-refractivity contribution in [1.29, 1.82) is 0 Å². The van der Waals surface area contributed by atoms with Crippen molar-refractivity contribution in [2.24, 2.45) is 17.3 Å². The molecule has 2 saturated carbocycles. The minimum absolute atomic E-state index is 0.283. The lowest BCUT2D eigenvalue weighted by molar-refractivity contribution is -0.143. The van der Waals surface area contributed by atoms with E-state index in [0.717, 1.165) is 25.2 Å². The largest absolute Gasteiger partial charge is 0.363 e. The topological polar surface area (TPSA) is 26.3 Å². The van der Waals surface area contributed by atoms with Crippen molar-refractivity contribution < 1.29 is 9.53 Å². The zero-order valence-corrected chi connectivity index (χ0v) is 11.3. The summed E-state index contributed by atoms with van der Waals surface area (Å²) in [5.74, 6) is 1.49. The molecule has 2 atom stereocenters. The molecule has 3 fully saturated rings. The molecule has 1 saturated heterocycles. The Labute approximate surface area is 104 Å². The van der Waals surface area contributed by atoms with Crippen LogP contribution in [0.2, 0.25) is 0 Å². The summed E-state index contributed by atoms with van der Waals surface area (Å²) in [6.07, 6.45) is 6.84. The predicted octanol–water partition coefficient (Wildman–Crippen LogP) is 3.34. The summed E-state index contributed by atoms with van der Waals surface area (Å²) in [6.45, 7) is 7.01. The number of hydrogen-bond donors (Lipinski definition) is 0. The summed E-state index contributed by atoms with van der Waals surface area (Å²) in [7, 11) is 0. The van der Waals surface area contributed by atoms with Gasteiger partial charge in [0.1, 0.15) is 5.60 Å². The average Bonchev–Trinajstić information content (AvgIpc) is 3.02. The molecule has 0 bridgehead atoms. The number of hydrogen-bond acceptors (Lipinski definition) is 2. The Morgan fingerprint density at radius 3 is 2.47 bits per heavy atom. The maximum absolute atomic E-state index is 12.2. The molecule has 0 amide bonds. The first-order valence-electron chi connectivity index (χ1n) is 7.21. The molecule has 3 aliphatic rings. The lowest BCUT2D eigenvalue weighted by Crippen LogP contribution is -2.44. The van der Waals surface area contributed by atoms with E-state index in [9.17, 15) is 4.79 Å². The highest BCUT2D eigenvalue weighted by Gasteiger charge is 2.63. The Kier molecular flexibility index (Phi) is 2.46. The smallest absolute Gasteiger partial charge is 0.170 e. The summed E-state index contributed by atoms with van der Waals surface area (Å²) in [5, 5.41) is 0. The maximum Gasteiger partial charge on any atom is 0.170 e. The fraction of sp³-hybridized carbons (Fsp3) is 0.933. The monoisotopic (exact) mass is 236 g/mol. The molecule has 0 radical (unpaired) electrons. The Bertz CT molecular complexity index is 337. The molecule has 0 aromatic carbocycles. The molecule has 1 spiro atoms. The highest BCUT2D eigenvalue weighted by Crippen LogP contribution is 2.55. The van der Waals surface area contributed by atoms with Gasteiger partial charge in [-0.1, -0.05) is 27.2 Å². The van der Waals surface area contributed by atoms with Crippen LogP contribution in [0.3, 0.4) is 0 Å². The van der Waals surface area contributed by atoms with Crippen molar-refractivity contribution in [2.45, 2.75) is 71.0 Å². The number of ketones is 1. The van der Waals surface area contributed by atoms with Crippen molar-refractivity contribution >= 4 is 5.78 Å². The molecule has 0 aromatic rings. The van der Waals surface area contributed by atoms with E-state index in [-0.39, 0.29) is 11.5 Å². The van der Waals surface area contributed by atoms with Crippen LogP contribution in [-0.2, 0) is 9.53 Å². The van der Waals surface area contributed by atoms with E-state index in [0.29, 0.717) is 17.3 Å². The molecule has 1 aliphatic heterocycles. The molecular weight excluding hydrogens is 212 g/mol. The molecular formula is C15H24O2. The Morgan fingerprint density at radius 1 is 1.35 bits per heavy atom. The first kappa shape index (κ1) is 11.7. The standard InChI is InChI=1S/C15H24O2/c1-4-14(2,3)10-5-7-15(8-6-10)13(16)11-9-12(11)17-15/h10-12H,4-9H2,1-3H3. The van der Waals surface area contributed by atoms with Crippen LogP contribution < -0.4 is 0 Å². The summed E-state index contributed by atoms with van der Waals surface area (Å²) in [4.78, 5) is 12.2. The van der Waals surface area contributed by atoms with Crippen molar-refractivity contribution in [1.82, 2.24) is 0 Å². The van der Waals surface area contributed by atoms with Crippen LogP contribution in [0.25, 0.3) is 0 Å². The van der Waals surface area contributed by atoms with Crippen LogP contribution in [-0.4, -0.2) is 17.5 Å². The van der Waals surface area contributed by atoms with Gasteiger partial charge in [0.25, 0.3) is 0 Å². The Morgan fingerprint density at radius 2 is 2.00 bits per heavy atom. The van der Waals surface area contributed by atoms with Gasteiger partial charge in [-0.05, 0) is 43.4 Å². The molecule has 2 heteroatoms. The lowest BCUT2D eigenvalue weighted by atomic mass is 9.65. The Balaban J connectivity index is 1.67. The third kappa shape index (κ3) is 1.68. The minimum atomic E-state index is -0.339. The number of fused-ring (bicyclic) bond motifs is 1. The van der Waals surface area contributed by atoms with Crippen LogP contribution in [0.1, 0.15) is 59.3 Å². The number of Topliss-reactive ketones (excluding diaryl/α,β-unsaturated/α-hetero) is 1. The van der Waals surface area contributed by atoms with Gasteiger partial charge < -0.3 is 4.74 Å². The molecule has 96 valence electrons. The van der Waals surface area contributed by atoms with E-state index in [1.165, 1.54) is 19.3 Å². The maximum atomic E-state index is 12.2. The van der Waals surface area contributed by atoms with Crippen LogP contribution in [0.15, 0.2) is 0 Å². The van der Waals surface area contributed by atoms with E-state index < -0.39 is 0 Å². The van der Waals surface area contributed by atoms with Gasteiger partial charge in [-0.15, -0.1) is 0 Å². The summed E-state index contributed by atoms with van der Waals surface area (Å²) in [6, 6.07) is 0. The van der Waals surface area contributed by atoms with Crippen molar-refractivity contribution in [3.05, 3.63) is 0 Å². The zero-order chi connectivity index (χ0) is 12.3. The van der Waals surface area contributed by atoms with Crippen LogP contribution in [0, 0.1) is 17.3 Å². The SMILES string of the molecule is CCC(C)(C)C1CCC2(CC1)OC1CC1C2=O.